The third-order valence-electron chi connectivity index (χ3n) is 7.02. The van der Waals surface area contributed by atoms with Crippen molar-refractivity contribution in [1.82, 2.24) is 29.5 Å². The first-order chi connectivity index (χ1) is 16.1. The van der Waals surface area contributed by atoms with E-state index in [2.05, 4.69) is 32.3 Å². The van der Waals surface area contributed by atoms with E-state index in [0.29, 0.717) is 17.8 Å². The Balaban J connectivity index is 1.48. The van der Waals surface area contributed by atoms with E-state index in [-0.39, 0.29) is 29.2 Å². The van der Waals surface area contributed by atoms with E-state index in [4.69, 9.17) is 4.74 Å². The molecule has 2 bridgehead atoms. The second-order valence-corrected chi connectivity index (χ2v) is 9.13. The number of ether oxygens (including phenoxy) is 1. The van der Waals surface area contributed by atoms with E-state index >= 15 is 0 Å². The van der Waals surface area contributed by atoms with Gasteiger partial charge in [0.1, 0.15) is 12.1 Å². The minimum atomic E-state index is -4.66. The van der Waals surface area contributed by atoms with Crippen LogP contribution in [0.15, 0.2) is 31.0 Å². The molecule has 5 rings (SSSR count). The number of halogens is 3. The van der Waals surface area contributed by atoms with Crippen LogP contribution in [0.5, 0.6) is 0 Å². The Morgan fingerprint density at radius 1 is 1.26 bits per heavy atom. The van der Waals surface area contributed by atoms with E-state index in [9.17, 15) is 18.0 Å². The molecular formula is C22H24F3N7O2. The number of fused-ring (bicyclic) bond motifs is 3. The monoisotopic (exact) mass is 475 g/mol. The molecule has 9 nitrogen and oxygen atoms in total. The largest absolute Gasteiger partial charge is 0.418 e. The minimum absolute atomic E-state index is 0.00623. The van der Waals surface area contributed by atoms with Crippen molar-refractivity contribution in [2.24, 2.45) is 5.92 Å². The van der Waals surface area contributed by atoms with Crippen molar-refractivity contribution in [3.63, 3.8) is 0 Å². The molecule has 3 aromatic rings. The maximum atomic E-state index is 13.7. The zero-order chi connectivity index (χ0) is 24.3. The molecule has 180 valence electrons. The normalized spacial score (nSPS) is 25.2. The van der Waals surface area contributed by atoms with E-state index in [1.165, 1.54) is 29.3 Å². The van der Waals surface area contributed by atoms with Crippen LogP contribution in [-0.4, -0.2) is 60.3 Å². The number of pyridine rings is 1. The van der Waals surface area contributed by atoms with Gasteiger partial charge in [0, 0.05) is 24.9 Å². The van der Waals surface area contributed by atoms with Gasteiger partial charge in [-0.2, -0.15) is 18.3 Å². The maximum Gasteiger partial charge on any atom is 0.418 e. The highest BCUT2D eigenvalue weighted by Crippen LogP contribution is 2.52. The second-order valence-electron chi connectivity index (χ2n) is 9.13. The number of likely N-dealkylation sites (tertiary alicyclic amines) is 1. The van der Waals surface area contributed by atoms with Gasteiger partial charge in [-0.1, -0.05) is 6.92 Å². The van der Waals surface area contributed by atoms with E-state index in [0.717, 1.165) is 19.3 Å². The summed E-state index contributed by atoms with van der Waals surface area (Å²) < 4.78 is 48.1. The number of aromatic nitrogens is 5. The summed E-state index contributed by atoms with van der Waals surface area (Å²) in [5.74, 6) is 0.459. The first-order valence-electron chi connectivity index (χ1n) is 11.0. The molecule has 0 radical (unpaired) electrons. The van der Waals surface area contributed by atoms with Gasteiger partial charge >= 0.3 is 12.2 Å². The first-order valence-corrected chi connectivity index (χ1v) is 11.0. The predicted molar refractivity (Wildman–Crippen MR) is 116 cm³/mol. The van der Waals surface area contributed by atoms with Gasteiger partial charge in [0.05, 0.1) is 35.3 Å². The van der Waals surface area contributed by atoms with Gasteiger partial charge in [-0.3, -0.25) is 10.3 Å². The van der Waals surface area contributed by atoms with Crippen molar-refractivity contribution in [3.05, 3.63) is 36.5 Å². The number of carbonyl (C=O) groups excluding carboxylic acids is 1. The Bertz CT molecular complexity index is 1250. The molecular weight excluding hydrogens is 451 g/mol. The summed E-state index contributed by atoms with van der Waals surface area (Å²) in [6.45, 7) is 4.09. The van der Waals surface area contributed by atoms with Crippen LogP contribution < -0.4 is 5.32 Å². The first kappa shape index (κ1) is 22.5. The summed E-state index contributed by atoms with van der Waals surface area (Å²) in [4.78, 5) is 27.0. The molecule has 1 unspecified atom stereocenters. The Morgan fingerprint density at radius 3 is 2.79 bits per heavy atom. The minimum Gasteiger partial charge on any atom is -0.379 e. The van der Waals surface area contributed by atoms with Crippen LogP contribution in [0.4, 0.5) is 23.8 Å². The highest BCUT2D eigenvalue weighted by atomic mass is 19.4. The molecule has 3 aromatic heterocycles. The number of hydrogen-bond acceptors (Lipinski definition) is 6. The van der Waals surface area contributed by atoms with E-state index < -0.39 is 23.3 Å². The lowest BCUT2D eigenvalue weighted by atomic mass is 9.62. The number of carbonyl (C=O) groups is 1. The molecule has 34 heavy (non-hydrogen) atoms. The summed E-state index contributed by atoms with van der Waals surface area (Å²) in [6, 6.07) is 0.854. The molecule has 1 aliphatic carbocycles. The quantitative estimate of drug-likeness (QED) is 0.612. The number of nitrogens with one attached hydrogen (secondary N) is 1. The summed E-state index contributed by atoms with van der Waals surface area (Å²) in [5, 5.41) is 6.66. The average molecular weight is 475 g/mol. The highest BCUT2D eigenvalue weighted by molar-refractivity contribution is 5.91. The molecule has 1 N–H and O–H groups in total. The van der Waals surface area contributed by atoms with Gasteiger partial charge in [-0.05, 0) is 38.2 Å². The highest BCUT2D eigenvalue weighted by Gasteiger charge is 2.61. The summed E-state index contributed by atoms with van der Waals surface area (Å²) in [6.07, 6.45) is 2.37. The van der Waals surface area contributed by atoms with Crippen molar-refractivity contribution in [1.29, 1.82) is 0 Å². The number of urea groups is 1. The summed E-state index contributed by atoms with van der Waals surface area (Å²) in [5.41, 5.74) is -1.18. The van der Waals surface area contributed by atoms with Crippen molar-refractivity contribution < 1.29 is 22.7 Å². The Hall–Kier alpha value is -3.28. The van der Waals surface area contributed by atoms with Crippen LogP contribution in [0, 0.1) is 5.92 Å². The molecule has 1 saturated carbocycles. The molecule has 12 heteroatoms. The smallest absolute Gasteiger partial charge is 0.379 e. The van der Waals surface area contributed by atoms with Crippen molar-refractivity contribution in [3.8, 4) is 11.3 Å². The fourth-order valence-corrected chi connectivity index (χ4v) is 5.48. The zero-order valence-electron chi connectivity index (χ0n) is 18.9. The Kier molecular flexibility index (Phi) is 5.23. The number of anilines is 1. The standard InChI is InChI=1S/C22H24F3N7O2/c1-12-4-14-7-21(6-12,13(2)34-3)32(14)20(33)30-18-5-15(16(8-27-18)22(23,24)25)17-10-31-19(9-26-17)28-11-29-31/h5,8-14H,4,6-7H2,1-3H3,(H,27,30,33)/t12-,13?,14-,21+/m1/s1. The number of rotatable bonds is 4. The number of methoxy groups -OCH3 is 1. The molecule has 0 aromatic carbocycles. The van der Waals surface area contributed by atoms with Crippen LogP contribution in [-0.2, 0) is 10.9 Å². The van der Waals surface area contributed by atoms with Crippen LogP contribution in [0.3, 0.4) is 0 Å². The second kappa shape index (κ2) is 7.90. The van der Waals surface area contributed by atoms with Gasteiger partial charge in [0.15, 0.2) is 5.65 Å². The van der Waals surface area contributed by atoms with Crippen LogP contribution in [0.25, 0.3) is 16.9 Å². The number of nitrogens with zero attached hydrogens (tertiary/aromatic N) is 6. The fraction of sp³-hybridized carbons (Fsp3) is 0.500. The zero-order valence-corrected chi connectivity index (χ0v) is 18.9. The SMILES string of the molecule is COC(C)[C@]12C[C@H](C)C[C@H](C1)N2C(=O)Nc1cc(-c2cn3ncnc3cn2)c(C(F)(F)F)cn1. The van der Waals surface area contributed by atoms with Gasteiger partial charge in [0.25, 0.3) is 0 Å². The molecule has 4 atom stereocenters. The third kappa shape index (κ3) is 3.56. The molecule has 4 heterocycles. The Labute approximate surface area is 193 Å². The molecule has 1 saturated heterocycles. The van der Waals surface area contributed by atoms with Gasteiger partial charge < -0.3 is 9.64 Å². The van der Waals surface area contributed by atoms with Crippen LogP contribution in [0.1, 0.15) is 38.7 Å². The van der Waals surface area contributed by atoms with E-state index in [1.54, 1.807) is 12.0 Å². The summed E-state index contributed by atoms with van der Waals surface area (Å²) in [7, 11) is 1.62. The van der Waals surface area contributed by atoms with Crippen molar-refractivity contribution in [2.75, 3.05) is 12.4 Å². The number of piperidine rings is 1. The average Bonchev–Trinajstić information content (AvgIpc) is 3.25. The van der Waals surface area contributed by atoms with Crippen molar-refractivity contribution >= 4 is 17.5 Å². The number of amides is 2. The topological polar surface area (TPSA) is 97.5 Å². The van der Waals surface area contributed by atoms with E-state index in [1.807, 2.05) is 6.92 Å². The van der Waals surface area contributed by atoms with Crippen LogP contribution >= 0.6 is 0 Å². The van der Waals surface area contributed by atoms with Crippen LogP contribution in [0.2, 0.25) is 0 Å². The molecule has 2 fully saturated rings. The molecule has 1 aliphatic heterocycles. The van der Waals surface area contributed by atoms with Gasteiger partial charge in [-0.25, -0.2) is 19.3 Å². The Morgan fingerprint density at radius 2 is 2.06 bits per heavy atom. The molecule has 0 spiro atoms. The lowest BCUT2D eigenvalue weighted by Crippen LogP contribution is -2.76. The molecule has 2 aliphatic rings. The third-order valence-corrected chi connectivity index (χ3v) is 7.02. The van der Waals surface area contributed by atoms with Gasteiger partial charge in [0.2, 0.25) is 0 Å². The fourth-order valence-electron chi connectivity index (χ4n) is 5.48. The lowest BCUT2D eigenvalue weighted by molar-refractivity contribution is -0.155. The molecule has 2 amide bonds. The maximum absolute atomic E-state index is 13.7. The lowest BCUT2D eigenvalue weighted by Gasteiger charge is -2.65. The van der Waals surface area contributed by atoms with Crippen molar-refractivity contribution in [2.45, 2.75) is 57.0 Å². The number of hydrogen-bond donors (Lipinski definition) is 1. The summed E-state index contributed by atoms with van der Waals surface area (Å²) >= 11 is 0. The predicted octanol–water partition coefficient (Wildman–Crippen LogP) is 4.01. The van der Waals surface area contributed by atoms with Gasteiger partial charge in [-0.15, -0.1) is 0 Å². The number of alkyl halides is 3.